The van der Waals surface area contributed by atoms with Crippen LogP contribution < -0.4 is 16.8 Å². The number of guanidine groups is 1. The van der Waals surface area contributed by atoms with Crippen LogP contribution in [0.15, 0.2) is 4.99 Å². The van der Waals surface area contributed by atoms with Crippen molar-refractivity contribution >= 4 is 24.4 Å². The molecule has 7 heteroatoms. The van der Waals surface area contributed by atoms with Gasteiger partial charge in [-0.05, 0) is 12.8 Å². The molecule has 0 radical (unpaired) electrons. The molecule has 0 saturated carbocycles. The number of nitrogens with two attached hydrogens (primary N) is 2. The summed E-state index contributed by atoms with van der Waals surface area (Å²) in [4.78, 5) is 14.5. The van der Waals surface area contributed by atoms with Crippen LogP contribution in [-0.2, 0) is 4.74 Å². The molecule has 0 aromatic rings. The van der Waals surface area contributed by atoms with Gasteiger partial charge < -0.3 is 21.5 Å². The van der Waals surface area contributed by atoms with Crippen molar-refractivity contribution in [3.8, 4) is 0 Å². The SMILES string of the molecule is CCCCCCCCCCCCOCCCNC(=O)N=C(N)N.Cl. The third kappa shape index (κ3) is 21.0. The Morgan fingerprint density at radius 1 is 0.875 bits per heavy atom. The highest BCUT2D eigenvalue weighted by atomic mass is 35.5. The molecule has 0 rings (SSSR count). The minimum absolute atomic E-state index is 0. The molecule has 5 N–H and O–H groups in total. The number of carbonyl (C=O) groups is 1. The van der Waals surface area contributed by atoms with E-state index in [0.29, 0.717) is 13.2 Å². The van der Waals surface area contributed by atoms with Crippen molar-refractivity contribution in [3.05, 3.63) is 0 Å². The van der Waals surface area contributed by atoms with Gasteiger partial charge in [0.2, 0.25) is 0 Å². The average Bonchev–Trinajstić information content (AvgIpc) is 2.50. The first kappa shape index (κ1) is 25.2. The molecule has 0 spiro atoms. The largest absolute Gasteiger partial charge is 0.381 e. The predicted molar refractivity (Wildman–Crippen MR) is 104 cm³/mol. The normalized spacial score (nSPS) is 10.0. The van der Waals surface area contributed by atoms with Crippen molar-refractivity contribution in [1.82, 2.24) is 5.32 Å². The number of rotatable bonds is 15. The molecule has 0 aliphatic rings. The molecule has 0 aromatic carbocycles. The molecular formula is C17H37ClN4O2. The molecule has 0 fully saturated rings. The lowest BCUT2D eigenvalue weighted by Gasteiger charge is -2.05. The molecule has 0 aliphatic heterocycles. The Hall–Kier alpha value is -1.01. The van der Waals surface area contributed by atoms with Crippen LogP contribution in [0.2, 0.25) is 0 Å². The van der Waals surface area contributed by atoms with E-state index in [1.807, 2.05) is 0 Å². The standard InChI is InChI=1S/C17H36N4O2.ClH/c1-2-3-4-5-6-7-8-9-10-11-14-23-15-12-13-20-17(22)21-16(18)19;/h2-15H2,1H3,(H5,18,19,20,21,22);1H. The summed E-state index contributed by atoms with van der Waals surface area (Å²) in [5, 5.41) is 2.59. The zero-order valence-electron chi connectivity index (χ0n) is 15.2. The summed E-state index contributed by atoms with van der Waals surface area (Å²) in [6, 6.07) is -0.500. The van der Waals surface area contributed by atoms with Gasteiger partial charge in [0.15, 0.2) is 5.96 Å². The number of nitrogens with zero attached hydrogens (tertiary/aromatic N) is 1. The molecular weight excluding hydrogens is 328 g/mol. The maximum Gasteiger partial charge on any atom is 0.344 e. The van der Waals surface area contributed by atoms with E-state index in [1.165, 1.54) is 57.8 Å². The number of hydrogen-bond donors (Lipinski definition) is 3. The highest BCUT2D eigenvalue weighted by Crippen LogP contribution is 2.10. The monoisotopic (exact) mass is 364 g/mol. The van der Waals surface area contributed by atoms with Crippen molar-refractivity contribution in [2.45, 2.75) is 77.6 Å². The van der Waals surface area contributed by atoms with Gasteiger partial charge >= 0.3 is 6.03 Å². The predicted octanol–water partition coefficient (Wildman–Crippen LogP) is 3.72. The maximum absolute atomic E-state index is 11.1. The Morgan fingerprint density at radius 3 is 1.92 bits per heavy atom. The second-order valence-corrected chi connectivity index (χ2v) is 5.92. The van der Waals surface area contributed by atoms with Gasteiger partial charge in [-0.3, -0.25) is 0 Å². The average molecular weight is 365 g/mol. The molecule has 0 aliphatic carbocycles. The van der Waals surface area contributed by atoms with Crippen LogP contribution in [-0.4, -0.2) is 31.7 Å². The lowest BCUT2D eigenvalue weighted by atomic mass is 10.1. The van der Waals surface area contributed by atoms with Crippen molar-refractivity contribution < 1.29 is 9.53 Å². The van der Waals surface area contributed by atoms with E-state index in [1.54, 1.807) is 0 Å². The molecule has 2 amide bonds. The number of hydrogen-bond acceptors (Lipinski definition) is 2. The van der Waals surface area contributed by atoms with Crippen LogP contribution >= 0.6 is 12.4 Å². The Balaban J connectivity index is 0. The third-order valence-corrected chi connectivity index (χ3v) is 3.61. The van der Waals surface area contributed by atoms with Gasteiger partial charge in [0, 0.05) is 19.8 Å². The van der Waals surface area contributed by atoms with Gasteiger partial charge in [-0.25, -0.2) is 4.79 Å². The number of amides is 2. The summed E-state index contributed by atoms with van der Waals surface area (Å²) in [6.45, 7) is 4.23. The Labute approximate surface area is 153 Å². The second kappa shape index (κ2) is 20.0. The Morgan fingerprint density at radius 2 is 1.38 bits per heavy atom. The lowest BCUT2D eigenvalue weighted by molar-refractivity contribution is 0.127. The minimum atomic E-state index is -0.500. The van der Waals surface area contributed by atoms with Crippen LogP contribution in [0.1, 0.15) is 77.6 Å². The number of unbranched alkanes of at least 4 members (excludes halogenated alkanes) is 9. The molecule has 0 unspecified atom stereocenters. The van der Waals surface area contributed by atoms with Crippen LogP contribution in [0.25, 0.3) is 0 Å². The van der Waals surface area contributed by atoms with Crippen molar-refractivity contribution in [3.63, 3.8) is 0 Å². The van der Waals surface area contributed by atoms with E-state index in [-0.39, 0.29) is 18.4 Å². The number of nitrogens with one attached hydrogen (secondary N) is 1. The highest BCUT2D eigenvalue weighted by Gasteiger charge is 1.97. The maximum atomic E-state index is 11.1. The second-order valence-electron chi connectivity index (χ2n) is 5.92. The van der Waals surface area contributed by atoms with Gasteiger partial charge in [0.05, 0.1) is 0 Å². The van der Waals surface area contributed by atoms with Gasteiger partial charge in [0.25, 0.3) is 0 Å². The number of halogens is 1. The molecule has 0 aromatic heterocycles. The topological polar surface area (TPSA) is 103 Å². The number of carbonyl (C=O) groups excluding carboxylic acids is 1. The fraction of sp³-hybridized carbons (Fsp3) is 0.882. The van der Waals surface area contributed by atoms with Gasteiger partial charge in [-0.1, -0.05) is 64.7 Å². The first-order valence-electron chi connectivity index (χ1n) is 9.12. The molecule has 0 bridgehead atoms. The van der Waals surface area contributed by atoms with Crippen molar-refractivity contribution in [1.29, 1.82) is 0 Å². The zero-order valence-corrected chi connectivity index (χ0v) is 16.0. The Kier molecular flexibility index (Phi) is 21.1. The summed E-state index contributed by atoms with van der Waals surface area (Å²) in [5.41, 5.74) is 10.2. The number of ether oxygens (including phenoxy) is 1. The molecule has 6 nitrogen and oxygen atoms in total. The zero-order chi connectivity index (χ0) is 17.2. The summed E-state index contributed by atoms with van der Waals surface area (Å²) in [6.07, 6.45) is 14.1. The fourth-order valence-corrected chi connectivity index (χ4v) is 2.32. The van der Waals surface area contributed by atoms with E-state index in [0.717, 1.165) is 19.4 Å². The van der Waals surface area contributed by atoms with Gasteiger partial charge in [-0.15, -0.1) is 12.4 Å². The van der Waals surface area contributed by atoms with E-state index >= 15 is 0 Å². The van der Waals surface area contributed by atoms with Gasteiger partial charge in [0.1, 0.15) is 0 Å². The first-order chi connectivity index (χ1) is 11.2. The van der Waals surface area contributed by atoms with E-state index < -0.39 is 6.03 Å². The minimum Gasteiger partial charge on any atom is -0.381 e. The van der Waals surface area contributed by atoms with Crippen LogP contribution in [0.4, 0.5) is 4.79 Å². The molecule has 144 valence electrons. The summed E-state index contributed by atoms with van der Waals surface area (Å²) >= 11 is 0. The summed E-state index contributed by atoms with van der Waals surface area (Å²) in [7, 11) is 0. The quantitative estimate of drug-likeness (QED) is 0.234. The third-order valence-electron chi connectivity index (χ3n) is 3.61. The molecule has 0 saturated heterocycles. The fourth-order valence-electron chi connectivity index (χ4n) is 2.32. The van der Waals surface area contributed by atoms with Crippen molar-refractivity contribution in [2.75, 3.05) is 19.8 Å². The number of aliphatic imine (C=N–C) groups is 1. The molecule has 24 heavy (non-hydrogen) atoms. The smallest absolute Gasteiger partial charge is 0.344 e. The molecule has 0 atom stereocenters. The summed E-state index contributed by atoms with van der Waals surface area (Å²) < 4.78 is 5.53. The highest BCUT2D eigenvalue weighted by molar-refractivity contribution is 5.90. The summed E-state index contributed by atoms with van der Waals surface area (Å²) in [5.74, 6) is -0.222. The van der Waals surface area contributed by atoms with E-state index in [2.05, 4.69) is 17.2 Å². The van der Waals surface area contributed by atoms with Crippen LogP contribution in [0.5, 0.6) is 0 Å². The molecule has 0 heterocycles. The van der Waals surface area contributed by atoms with Crippen LogP contribution in [0, 0.1) is 0 Å². The lowest BCUT2D eigenvalue weighted by Crippen LogP contribution is -2.29. The Bertz CT molecular complexity index is 311. The van der Waals surface area contributed by atoms with E-state index in [4.69, 9.17) is 16.2 Å². The van der Waals surface area contributed by atoms with Crippen molar-refractivity contribution in [2.24, 2.45) is 16.5 Å². The first-order valence-corrected chi connectivity index (χ1v) is 9.12. The van der Waals surface area contributed by atoms with Crippen LogP contribution in [0.3, 0.4) is 0 Å². The number of urea groups is 1. The van der Waals surface area contributed by atoms with Gasteiger partial charge in [-0.2, -0.15) is 4.99 Å². The van der Waals surface area contributed by atoms with E-state index in [9.17, 15) is 4.79 Å².